The van der Waals surface area contributed by atoms with Crippen LogP contribution < -0.4 is 0 Å². The van der Waals surface area contributed by atoms with Gasteiger partial charge in [0, 0.05) is 0 Å². The van der Waals surface area contributed by atoms with Gasteiger partial charge in [-0.1, -0.05) is 12.1 Å². The van der Waals surface area contributed by atoms with Crippen LogP contribution in [0.25, 0.3) is 0 Å². The van der Waals surface area contributed by atoms with Gasteiger partial charge in [0.25, 0.3) is 11.4 Å². The fourth-order valence-electron chi connectivity index (χ4n) is 5.08. The molecule has 0 saturated carbocycles. The summed E-state index contributed by atoms with van der Waals surface area (Å²) in [6, 6.07) is 5.74. The van der Waals surface area contributed by atoms with Gasteiger partial charge >= 0.3 is 11.9 Å². The third-order valence-corrected chi connectivity index (χ3v) is 6.78. The van der Waals surface area contributed by atoms with E-state index in [2.05, 4.69) is 0 Å². The number of aliphatic hydroxyl groups excluding tert-OH is 4. The Kier molecular flexibility index (Phi) is 5.17. The van der Waals surface area contributed by atoms with E-state index in [4.69, 9.17) is 23.7 Å². The Labute approximate surface area is 187 Å². The van der Waals surface area contributed by atoms with Crippen molar-refractivity contribution >= 4 is 11.9 Å². The second kappa shape index (κ2) is 7.60. The molecule has 0 aliphatic carbocycles. The molecule has 0 radical (unpaired) electrons. The van der Waals surface area contributed by atoms with Crippen LogP contribution in [0.2, 0.25) is 0 Å². The highest BCUT2D eigenvalue weighted by atomic mass is 16.8. The highest BCUT2D eigenvalue weighted by Gasteiger charge is 2.82. The normalized spacial score (nSPS) is 46.9. The lowest BCUT2D eigenvalue weighted by Gasteiger charge is -2.45. The molecular weight excluding hydrogens is 444 g/mol. The first-order chi connectivity index (χ1) is 15.6. The fourth-order valence-corrected chi connectivity index (χ4v) is 5.08. The summed E-state index contributed by atoms with van der Waals surface area (Å²) in [7, 11) is 0. The van der Waals surface area contributed by atoms with E-state index in [1.165, 1.54) is 31.2 Å². The molecule has 10 atom stereocenters. The van der Waals surface area contributed by atoms with E-state index < -0.39 is 72.2 Å². The van der Waals surface area contributed by atoms with E-state index in [0.29, 0.717) is 5.56 Å². The van der Waals surface area contributed by atoms with Crippen LogP contribution in [0.1, 0.15) is 24.8 Å². The summed E-state index contributed by atoms with van der Waals surface area (Å²) in [4.78, 5) is 25.8. The summed E-state index contributed by atoms with van der Waals surface area (Å²) in [5.74, 6) is -5.04. The zero-order valence-corrected chi connectivity index (χ0v) is 17.4. The molecule has 5 N–H and O–H groups in total. The molecule has 1 spiro atoms. The van der Waals surface area contributed by atoms with Crippen LogP contribution in [-0.2, 0) is 33.3 Å². The van der Waals surface area contributed by atoms with Crippen molar-refractivity contribution in [2.75, 3.05) is 6.61 Å². The standard InChI is InChI=1S/C21H24O12/c1-8-14(25)15(26)16(27)18(30-8)33-21-17(12(23)7-29-21)31-19(28)20(21)11(6-13(24)32-20)9-2-4-10(22)5-3-9/h2-5,8,11-12,14-18,22-23,25-27H,6-7H2,1H3. The number of hydrogen-bond donors (Lipinski definition) is 5. The number of aliphatic hydroxyl groups is 4. The van der Waals surface area contributed by atoms with Crippen molar-refractivity contribution in [3.05, 3.63) is 29.8 Å². The van der Waals surface area contributed by atoms with Crippen LogP contribution in [0.3, 0.4) is 0 Å². The molecule has 1 aromatic carbocycles. The zero-order chi connectivity index (χ0) is 23.7. The number of hydrogen-bond acceptors (Lipinski definition) is 12. The van der Waals surface area contributed by atoms with Crippen LogP contribution in [0.4, 0.5) is 0 Å². The first-order valence-corrected chi connectivity index (χ1v) is 10.5. The molecule has 4 fully saturated rings. The third kappa shape index (κ3) is 3.03. The molecule has 0 aromatic heterocycles. The summed E-state index contributed by atoms with van der Waals surface area (Å²) in [6.45, 7) is 1.10. The Morgan fingerprint density at radius 1 is 1.03 bits per heavy atom. The number of ether oxygens (including phenoxy) is 5. The van der Waals surface area contributed by atoms with Gasteiger partial charge in [-0.05, 0) is 24.6 Å². The number of carbonyl (C=O) groups is 2. The molecule has 33 heavy (non-hydrogen) atoms. The van der Waals surface area contributed by atoms with Gasteiger partial charge in [0.15, 0.2) is 12.4 Å². The predicted octanol–water partition coefficient (Wildman–Crippen LogP) is -1.98. The summed E-state index contributed by atoms with van der Waals surface area (Å²) in [5, 5.41) is 50.8. The van der Waals surface area contributed by atoms with Crippen LogP contribution in [0.5, 0.6) is 5.75 Å². The van der Waals surface area contributed by atoms with E-state index in [9.17, 15) is 35.1 Å². The maximum Gasteiger partial charge on any atom is 0.357 e. The van der Waals surface area contributed by atoms with E-state index in [1.807, 2.05) is 0 Å². The van der Waals surface area contributed by atoms with E-state index >= 15 is 0 Å². The maximum absolute atomic E-state index is 13.3. The number of carbonyl (C=O) groups excluding carboxylic acids is 2. The fraction of sp³-hybridized carbons (Fsp3) is 0.619. The predicted molar refractivity (Wildman–Crippen MR) is 102 cm³/mol. The van der Waals surface area contributed by atoms with E-state index in [1.54, 1.807) is 0 Å². The molecule has 0 amide bonds. The number of esters is 2. The van der Waals surface area contributed by atoms with E-state index in [0.717, 1.165) is 0 Å². The van der Waals surface area contributed by atoms with Crippen LogP contribution >= 0.6 is 0 Å². The minimum Gasteiger partial charge on any atom is -0.508 e. The number of fused-ring (bicyclic) bond motifs is 2. The van der Waals surface area contributed by atoms with Crippen molar-refractivity contribution in [3.8, 4) is 5.75 Å². The molecule has 4 aliphatic rings. The van der Waals surface area contributed by atoms with Crippen molar-refractivity contribution in [2.45, 2.75) is 73.6 Å². The minimum absolute atomic E-state index is 0.0383. The largest absolute Gasteiger partial charge is 0.508 e. The first kappa shape index (κ1) is 22.5. The molecule has 12 heteroatoms. The van der Waals surface area contributed by atoms with Gasteiger partial charge in [-0.15, -0.1) is 0 Å². The minimum atomic E-state index is -2.23. The Bertz CT molecular complexity index is 951. The quantitative estimate of drug-likeness (QED) is 0.309. The number of aromatic hydroxyl groups is 1. The van der Waals surface area contributed by atoms with Crippen LogP contribution in [0, 0.1) is 0 Å². The highest BCUT2D eigenvalue weighted by Crippen LogP contribution is 2.58. The third-order valence-electron chi connectivity index (χ3n) is 6.78. The van der Waals surface area contributed by atoms with Gasteiger partial charge < -0.3 is 49.2 Å². The lowest BCUT2D eigenvalue weighted by atomic mass is 9.75. The van der Waals surface area contributed by atoms with Crippen molar-refractivity contribution in [3.63, 3.8) is 0 Å². The average molecular weight is 468 g/mol. The van der Waals surface area contributed by atoms with Gasteiger partial charge in [-0.2, -0.15) is 0 Å². The Balaban J connectivity index is 1.60. The van der Waals surface area contributed by atoms with Gasteiger partial charge in [0.1, 0.15) is 30.2 Å². The Morgan fingerprint density at radius 3 is 2.42 bits per heavy atom. The molecule has 180 valence electrons. The van der Waals surface area contributed by atoms with Crippen molar-refractivity contribution in [1.29, 1.82) is 0 Å². The molecule has 4 aliphatic heterocycles. The molecule has 5 rings (SSSR count). The van der Waals surface area contributed by atoms with Crippen LogP contribution in [-0.4, -0.2) is 98.4 Å². The first-order valence-electron chi connectivity index (χ1n) is 10.5. The summed E-state index contributed by atoms with van der Waals surface area (Å²) in [6.07, 6.45) is -10.5. The van der Waals surface area contributed by atoms with Gasteiger partial charge in [0.05, 0.1) is 25.0 Å². The Hall–Kier alpha value is -2.32. The van der Waals surface area contributed by atoms with Gasteiger partial charge in [0.2, 0.25) is 0 Å². The second-order valence-electron chi connectivity index (χ2n) is 8.73. The maximum atomic E-state index is 13.3. The topological polar surface area (TPSA) is 181 Å². The molecule has 1 aromatic rings. The zero-order valence-electron chi connectivity index (χ0n) is 17.4. The molecule has 4 heterocycles. The smallest absolute Gasteiger partial charge is 0.357 e. The number of benzene rings is 1. The van der Waals surface area contributed by atoms with Crippen LogP contribution in [0.15, 0.2) is 24.3 Å². The molecule has 0 bridgehead atoms. The number of phenolic OH excluding ortho intramolecular Hbond substituents is 1. The summed E-state index contributed by atoms with van der Waals surface area (Å²) >= 11 is 0. The lowest BCUT2D eigenvalue weighted by molar-refractivity contribution is -0.386. The van der Waals surface area contributed by atoms with Crippen molar-refractivity contribution < 1.29 is 58.8 Å². The van der Waals surface area contributed by atoms with Crippen molar-refractivity contribution in [2.24, 2.45) is 0 Å². The average Bonchev–Trinajstić information content (AvgIpc) is 3.37. The monoisotopic (exact) mass is 468 g/mol. The SMILES string of the molecule is CC1OC(OC23OCC(O)C2OC(=O)C32OC(=O)CC2c2ccc(O)cc2)C(O)C(O)C1O. The Morgan fingerprint density at radius 2 is 1.73 bits per heavy atom. The second-order valence-corrected chi connectivity index (χ2v) is 8.73. The molecule has 4 saturated heterocycles. The van der Waals surface area contributed by atoms with E-state index in [-0.39, 0.29) is 18.8 Å². The van der Waals surface area contributed by atoms with Crippen molar-refractivity contribution in [1.82, 2.24) is 0 Å². The number of rotatable bonds is 3. The molecule has 12 nitrogen and oxygen atoms in total. The van der Waals surface area contributed by atoms with Gasteiger partial charge in [-0.3, -0.25) is 4.79 Å². The summed E-state index contributed by atoms with van der Waals surface area (Å²) < 4.78 is 28.2. The summed E-state index contributed by atoms with van der Waals surface area (Å²) in [5.41, 5.74) is -1.78. The highest BCUT2D eigenvalue weighted by molar-refractivity contribution is 5.92. The molecular formula is C21H24O12. The lowest BCUT2D eigenvalue weighted by Crippen LogP contribution is -2.66. The van der Waals surface area contributed by atoms with Gasteiger partial charge in [-0.25, -0.2) is 4.79 Å². The molecule has 10 unspecified atom stereocenters. The number of phenols is 1.